The maximum atomic E-state index is 12.1. The van der Waals surface area contributed by atoms with Gasteiger partial charge in [0.2, 0.25) is 0 Å². The average Bonchev–Trinajstić information content (AvgIpc) is 2.89. The molecule has 19 heavy (non-hydrogen) atoms. The second kappa shape index (κ2) is 5.27. The molecule has 2 rings (SSSR count). The van der Waals surface area contributed by atoms with E-state index in [1.54, 1.807) is 18.2 Å². The van der Waals surface area contributed by atoms with Gasteiger partial charge in [-0.2, -0.15) is 5.26 Å². The number of carbonyl (C=O) groups is 1. The lowest BCUT2D eigenvalue weighted by molar-refractivity contribution is 0.102. The maximum absolute atomic E-state index is 12.1. The Hall–Kier alpha value is -2.74. The number of hydrogen-bond donors (Lipinski definition) is 2. The van der Waals surface area contributed by atoms with Gasteiger partial charge in [0.05, 0.1) is 23.1 Å². The van der Waals surface area contributed by atoms with Gasteiger partial charge >= 0.3 is 0 Å². The third-order valence-electron chi connectivity index (χ3n) is 2.72. The molecule has 0 aliphatic rings. The number of anilines is 2. The smallest absolute Gasteiger partial charge is 0.259 e. The number of aryl methyl sites for hydroxylation is 1. The van der Waals surface area contributed by atoms with Crippen LogP contribution in [0.1, 0.15) is 28.6 Å². The van der Waals surface area contributed by atoms with Crippen LogP contribution in [0.2, 0.25) is 0 Å². The third-order valence-corrected chi connectivity index (χ3v) is 2.72. The Balaban J connectivity index is 2.27. The zero-order chi connectivity index (χ0) is 13.8. The number of furan rings is 1. The highest BCUT2D eigenvalue weighted by atomic mass is 16.3. The van der Waals surface area contributed by atoms with Gasteiger partial charge in [-0.15, -0.1) is 0 Å². The lowest BCUT2D eigenvalue weighted by atomic mass is 10.1. The Labute approximate surface area is 110 Å². The molecule has 0 aliphatic heterocycles. The van der Waals surface area contributed by atoms with E-state index in [1.807, 2.05) is 13.0 Å². The number of nitrogens with one attached hydrogen (secondary N) is 1. The van der Waals surface area contributed by atoms with Crippen LogP contribution in [0.25, 0.3) is 0 Å². The summed E-state index contributed by atoms with van der Waals surface area (Å²) in [5.41, 5.74) is 7.31. The molecule has 0 aliphatic carbocycles. The van der Waals surface area contributed by atoms with Gasteiger partial charge in [-0.25, -0.2) is 0 Å². The van der Waals surface area contributed by atoms with E-state index in [0.717, 1.165) is 0 Å². The molecule has 96 valence electrons. The molecule has 0 saturated carbocycles. The molecule has 0 atom stereocenters. The van der Waals surface area contributed by atoms with Gasteiger partial charge in [-0.05, 0) is 24.3 Å². The van der Waals surface area contributed by atoms with Crippen LogP contribution < -0.4 is 11.1 Å². The minimum absolute atomic E-state index is 0.299. The van der Waals surface area contributed by atoms with E-state index >= 15 is 0 Å². The fourth-order valence-electron chi connectivity index (χ4n) is 1.77. The number of amides is 1. The average molecular weight is 255 g/mol. The van der Waals surface area contributed by atoms with Gasteiger partial charge in [-0.1, -0.05) is 6.92 Å². The van der Waals surface area contributed by atoms with Gasteiger partial charge < -0.3 is 15.5 Å². The molecule has 3 N–H and O–H groups in total. The second-order valence-electron chi connectivity index (χ2n) is 3.98. The summed E-state index contributed by atoms with van der Waals surface area (Å²) in [6.07, 6.45) is 2.10. The molecule has 1 amide bonds. The fourth-order valence-corrected chi connectivity index (χ4v) is 1.77. The molecule has 5 heteroatoms. The van der Waals surface area contributed by atoms with Gasteiger partial charge in [0, 0.05) is 12.1 Å². The molecular weight excluding hydrogens is 242 g/mol. The predicted molar refractivity (Wildman–Crippen MR) is 71.6 cm³/mol. The molecule has 1 aromatic carbocycles. The van der Waals surface area contributed by atoms with Crippen molar-refractivity contribution in [2.75, 3.05) is 11.1 Å². The largest absolute Gasteiger partial charge is 0.469 e. The van der Waals surface area contributed by atoms with Crippen LogP contribution in [0.3, 0.4) is 0 Å². The van der Waals surface area contributed by atoms with Gasteiger partial charge in [0.15, 0.2) is 0 Å². The zero-order valence-corrected chi connectivity index (χ0v) is 10.4. The number of nitrogens with zero attached hydrogens (tertiary/aromatic N) is 1. The van der Waals surface area contributed by atoms with Crippen molar-refractivity contribution in [3.8, 4) is 6.07 Å². The van der Waals surface area contributed by atoms with Crippen molar-refractivity contribution in [2.24, 2.45) is 0 Å². The SMILES string of the molecule is CCc1occc1C(=O)Nc1ccc(N)cc1C#N. The molecule has 2 aromatic rings. The molecule has 0 radical (unpaired) electrons. The summed E-state index contributed by atoms with van der Waals surface area (Å²) in [5.74, 6) is 0.318. The quantitative estimate of drug-likeness (QED) is 0.824. The highest BCUT2D eigenvalue weighted by Crippen LogP contribution is 2.20. The minimum atomic E-state index is -0.299. The Morgan fingerprint density at radius 1 is 1.47 bits per heavy atom. The molecule has 0 fully saturated rings. The predicted octanol–water partition coefficient (Wildman–Crippen LogP) is 2.55. The normalized spacial score (nSPS) is 9.89. The highest BCUT2D eigenvalue weighted by Gasteiger charge is 2.14. The summed E-state index contributed by atoms with van der Waals surface area (Å²) >= 11 is 0. The number of carbonyl (C=O) groups excluding carboxylic acids is 1. The fraction of sp³-hybridized carbons (Fsp3) is 0.143. The summed E-state index contributed by atoms with van der Waals surface area (Å²) in [4.78, 5) is 12.1. The Bertz CT molecular complexity index is 653. The molecule has 1 heterocycles. The van der Waals surface area contributed by atoms with E-state index < -0.39 is 0 Å². The van der Waals surface area contributed by atoms with Crippen LogP contribution in [0.15, 0.2) is 34.9 Å². The summed E-state index contributed by atoms with van der Waals surface area (Å²) in [5, 5.41) is 11.7. The third kappa shape index (κ3) is 2.58. The number of rotatable bonds is 3. The highest BCUT2D eigenvalue weighted by molar-refractivity contribution is 6.05. The summed E-state index contributed by atoms with van der Waals surface area (Å²) in [6, 6.07) is 8.37. The van der Waals surface area contributed by atoms with E-state index in [2.05, 4.69) is 5.32 Å². The molecule has 0 unspecified atom stereocenters. The maximum Gasteiger partial charge on any atom is 0.259 e. The first-order valence-corrected chi connectivity index (χ1v) is 5.83. The van der Waals surface area contributed by atoms with Crippen molar-refractivity contribution >= 4 is 17.3 Å². The lowest BCUT2D eigenvalue weighted by Gasteiger charge is -2.07. The molecule has 0 bridgehead atoms. The van der Waals surface area contributed by atoms with Crippen molar-refractivity contribution in [3.05, 3.63) is 47.4 Å². The van der Waals surface area contributed by atoms with E-state index in [0.29, 0.717) is 34.7 Å². The number of nitrogens with two attached hydrogens (primary N) is 1. The summed E-state index contributed by atoms with van der Waals surface area (Å²) in [6.45, 7) is 1.90. The Kier molecular flexibility index (Phi) is 3.53. The van der Waals surface area contributed by atoms with Crippen molar-refractivity contribution in [1.29, 1.82) is 5.26 Å². The van der Waals surface area contributed by atoms with Crippen LogP contribution in [0.4, 0.5) is 11.4 Å². The molecular formula is C14H13N3O2. The molecule has 5 nitrogen and oxygen atoms in total. The van der Waals surface area contributed by atoms with E-state index in [1.165, 1.54) is 12.3 Å². The van der Waals surface area contributed by atoms with E-state index in [9.17, 15) is 4.79 Å². The van der Waals surface area contributed by atoms with E-state index in [-0.39, 0.29) is 5.91 Å². The molecule has 1 aromatic heterocycles. The molecule has 0 saturated heterocycles. The van der Waals surface area contributed by atoms with Crippen molar-refractivity contribution in [1.82, 2.24) is 0 Å². The van der Waals surface area contributed by atoms with E-state index in [4.69, 9.17) is 15.4 Å². The van der Waals surface area contributed by atoms with Gasteiger partial charge in [0.25, 0.3) is 5.91 Å². The monoisotopic (exact) mass is 255 g/mol. The van der Waals surface area contributed by atoms with Gasteiger partial charge in [-0.3, -0.25) is 4.79 Å². The standard InChI is InChI=1S/C14H13N3O2/c1-2-13-11(5-6-19-13)14(18)17-12-4-3-10(16)7-9(12)8-15/h3-7H,2,16H2,1H3,(H,17,18). The lowest BCUT2D eigenvalue weighted by Crippen LogP contribution is -2.13. The zero-order valence-electron chi connectivity index (χ0n) is 10.4. The second-order valence-corrected chi connectivity index (χ2v) is 3.98. The number of nitrogen functional groups attached to an aromatic ring is 1. The van der Waals surface area contributed by atoms with Gasteiger partial charge in [0.1, 0.15) is 11.8 Å². The summed E-state index contributed by atoms with van der Waals surface area (Å²) in [7, 11) is 0. The molecule has 0 spiro atoms. The van der Waals surface area contributed by atoms with Crippen molar-refractivity contribution in [2.45, 2.75) is 13.3 Å². The first-order chi connectivity index (χ1) is 9.15. The minimum Gasteiger partial charge on any atom is -0.469 e. The Morgan fingerprint density at radius 2 is 2.26 bits per heavy atom. The first kappa shape index (κ1) is 12.7. The van der Waals surface area contributed by atoms with Crippen LogP contribution in [0.5, 0.6) is 0 Å². The summed E-state index contributed by atoms with van der Waals surface area (Å²) < 4.78 is 5.20. The van der Waals surface area contributed by atoms with Crippen LogP contribution in [-0.2, 0) is 6.42 Å². The number of hydrogen-bond acceptors (Lipinski definition) is 4. The first-order valence-electron chi connectivity index (χ1n) is 5.83. The van der Waals surface area contributed by atoms with Crippen molar-refractivity contribution in [3.63, 3.8) is 0 Å². The number of benzene rings is 1. The van der Waals surface area contributed by atoms with Crippen molar-refractivity contribution < 1.29 is 9.21 Å². The van der Waals surface area contributed by atoms with Crippen LogP contribution >= 0.6 is 0 Å². The topological polar surface area (TPSA) is 92.1 Å². The Morgan fingerprint density at radius 3 is 2.95 bits per heavy atom. The van der Waals surface area contributed by atoms with Crippen LogP contribution in [0, 0.1) is 11.3 Å². The van der Waals surface area contributed by atoms with Crippen LogP contribution in [-0.4, -0.2) is 5.91 Å². The number of nitriles is 1.